The van der Waals surface area contributed by atoms with Crippen LogP contribution in [0.5, 0.6) is 5.75 Å². The number of thiophene rings is 1. The number of ether oxygens (including phenoxy) is 1. The lowest BCUT2D eigenvalue weighted by Gasteiger charge is -2.23. The number of nitrogens with zero attached hydrogens (tertiary/aromatic N) is 1. The van der Waals surface area contributed by atoms with Gasteiger partial charge in [0.2, 0.25) is 0 Å². The van der Waals surface area contributed by atoms with Gasteiger partial charge in [-0.3, -0.25) is 4.79 Å². The third-order valence-corrected chi connectivity index (χ3v) is 3.12. The lowest BCUT2D eigenvalue weighted by Crippen LogP contribution is -2.53. The minimum Gasteiger partial charge on any atom is -0.496 e. The van der Waals surface area contributed by atoms with E-state index in [1.54, 1.807) is 25.3 Å². The lowest BCUT2D eigenvalue weighted by molar-refractivity contribution is 0.0934. The van der Waals surface area contributed by atoms with Crippen molar-refractivity contribution in [3.8, 4) is 5.75 Å². The molecule has 1 aromatic heterocycles. The zero-order chi connectivity index (χ0) is 13.1. The van der Waals surface area contributed by atoms with Crippen LogP contribution in [0.1, 0.15) is 23.5 Å². The van der Waals surface area contributed by atoms with Gasteiger partial charge in [0.1, 0.15) is 5.75 Å². The number of amidine groups is 1. The number of amides is 1. The minimum absolute atomic E-state index is 0.0608. The Morgan fingerprint density at radius 2 is 2.29 bits per heavy atom. The molecule has 0 atom stereocenters. The fraction of sp³-hybridized carbons (Fsp3) is 0.400. The average Bonchev–Trinajstić information content (AvgIpc) is 2.75. The highest BCUT2D eigenvalue weighted by Crippen LogP contribution is 2.21. The number of hydrogen-bond acceptors (Lipinski definition) is 5. The maximum Gasteiger partial charge on any atom is 0.262 e. The second-order valence-corrected chi connectivity index (χ2v) is 4.83. The van der Waals surface area contributed by atoms with Gasteiger partial charge in [-0.25, -0.2) is 0 Å². The van der Waals surface area contributed by atoms with Crippen molar-refractivity contribution in [1.82, 2.24) is 5.32 Å². The molecule has 7 heteroatoms. The quantitative estimate of drug-likeness (QED) is 0.324. The largest absolute Gasteiger partial charge is 0.496 e. The van der Waals surface area contributed by atoms with Crippen LogP contribution in [0.25, 0.3) is 0 Å². The van der Waals surface area contributed by atoms with E-state index in [0.29, 0.717) is 10.6 Å². The molecule has 0 saturated carbocycles. The molecule has 1 heterocycles. The zero-order valence-electron chi connectivity index (χ0n) is 9.85. The van der Waals surface area contributed by atoms with Crippen LogP contribution in [-0.4, -0.2) is 29.6 Å². The van der Waals surface area contributed by atoms with Crippen LogP contribution in [0, 0.1) is 0 Å². The van der Waals surface area contributed by atoms with Crippen LogP contribution in [0.15, 0.2) is 16.6 Å². The lowest BCUT2D eigenvalue weighted by atomic mass is 10.0. The van der Waals surface area contributed by atoms with Gasteiger partial charge in [0.15, 0.2) is 5.84 Å². The summed E-state index contributed by atoms with van der Waals surface area (Å²) in [5.74, 6) is 0.269. The molecule has 0 radical (unpaired) electrons. The number of carbonyl (C=O) groups excluding carboxylic acids is 1. The van der Waals surface area contributed by atoms with Crippen LogP contribution in [0.3, 0.4) is 0 Å². The van der Waals surface area contributed by atoms with Crippen molar-refractivity contribution in [2.24, 2.45) is 10.9 Å². The monoisotopic (exact) mass is 257 g/mol. The van der Waals surface area contributed by atoms with Crippen molar-refractivity contribution >= 4 is 23.1 Å². The van der Waals surface area contributed by atoms with Crippen molar-refractivity contribution in [1.29, 1.82) is 0 Å². The summed E-state index contributed by atoms with van der Waals surface area (Å²) >= 11 is 1.26. The fourth-order valence-corrected chi connectivity index (χ4v) is 1.83. The predicted octanol–water partition coefficient (Wildman–Crippen LogP) is 1.01. The first-order valence-electron chi connectivity index (χ1n) is 4.83. The fourth-order valence-electron chi connectivity index (χ4n) is 1.08. The highest BCUT2D eigenvalue weighted by Gasteiger charge is 2.26. The van der Waals surface area contributed by atoms with E-state index in [1.165, 1.54) is 18.4 Å². The second kappa shape index (κ2) is 5.05. The van der Waals surface area contributed by atoms with Crippen molar-refractivity contribution in [3.63, 3.8) is 0 Å². The number of nitrogens with two attached hydrogens (primary N) is 1. The van der Waals surface area contributed by atoms with Crippen LogP contribution in [-0.2, 0) is 0 Å². The Morgan fingerprint density at radius 3 is 2.76 bits per heavy atom. The van der Waals surface area contributed by atoms with Crippen molar-refractivity contribution in [2.75, 3.05) is 7.11 Å². The second-order valence-electron chi connectivity index (χ2n) is 3.92. The molecule has 0 bridgehead atoms. The highest BCUT2D eigenvalue weighted by molar-refractivity contribution is 7.12. The molecule has 0 aliphatic rings. The van der Waals surface area contributed by atoms with Crippen LogP contribution >= 0.6 is 11.3 Å². The third-order valence-electron chi connectivity index (χ3n) is 2.21. The molecular weight excluding hydrogens is 242 g/mol. The van der Waals surface area contributed by atoms with E-state index >= 15 is 0 Å². The van der Waals surface area contributed by atoms with Gasteiger partial charge in [-0.1, -0.05) is 5.16 Å². The van der Waals surface area contributed by atoms with Crippen LogP contribution in [0.2, 0.25) is 0 Å². The first kappa shape index (κ1) is 13.3. The van der Waals surface area contributed by atoms with Crippen LogP contribution in [0.4, 0.5) is 0 Å². The molecule has 0 fully saturated rings. The first-order valence-corrected chi connectivity index (χ1v) is 5.71. The van der Waals surface area contributed by atoms with Gasteiger partial charge in [-0.05, 0) is 13.8 Å². The minimum atomic E-state index is -0.914. The van der Waals surface area contributed by atoms with Crippen LogP contribution < -0.4 is 15.8 Å². The summed E-state index contributed by atoms with van der Waals surface area (Å²) in [4.78, 5) is 12.4. The van der Waals surface area contributed by atoms with Gasteiger partial charge in [-0.15, -0.1) is 11.3 Å². The van der Waals surface area contributed by atoms with E-state index in [9.17, 15) is 4.79 Å². The average molecular weight is 257 g/mol. The van der Waals surface area contributed by atoms with E-state index in [0.717, 1.165) is 0 Å². The number of methoxy groups -OCH3 is 1. The topological polar surface area (TPSA) is 96.9 Å². The number of oxime groups is 1. The molecule has 1 rings (SSSR count). The van der Waals surface area contributed by atoms with Gasteiger partial charge < -0.3 is 21.0 Å². The molecule has 0 unspecified atom stereocenters. The molecular formula is C10H15N3O3S. The summed E-state index contributed by atoms with van der Waals surface area (Å²) < 4.78 is 4.99. The molecule has 94 valence electrons. The Kier molecular flexibility index (Phi) is 3.95. The summed E-state index contributed by atoms with van der Waals surface area (Å²) in [5.41, 5.74) is 4.56. The normalized spacial score (nSPS) is 12.3. The summed E-state index contributed by atoms with van der Waals surface area (Å²) in [6.45, 7) is 3.29. The van der Waals surface area contributed by atoms with Crippen molar-refractivity contribution in [2.45, 2.75) is 19.4 Å². The van der Waals surface area contributed by atoms with Gasteiger partial charge in [-0.2, -0.15) is 0 Å². The first-order chi connectivity index (χ1) is 7.90. The summed E-state index contributed by atoms with van der Waals surface area (Å²) in [5, 5.41) is 15.9. The molecule has 1 amide bonds. The van der Waals surface area contributed by atoms with Gasteiger partial charge >= 0.3 is 0 Å². The number of nitrogens with one attached hydrogen (secondary N) is 1. The molecule has 0 aromatic carbocycles. The Labute approximate surface area is 103 Å². The highest BCUT2D eigenvalue weighted by atomic mass is 32.1. The van der Waals surface area contributed by atoms with Gasteiger partial charge in [0.05, 0.1) is 17.5 Å². The van der Waals surface area contributed by atoms with Crippen molar-refractivity contribution < 1.29 is 14.7 Å². The maximum atomic E-state index is 11.9. The summed E-state index contributed by atoms with van der Waals surface area (Å²) in [6, 6.07) is 1.63. The third kappa shape index (κ3) is 3.10. The van der Waals surface area contributed by atoms with E-state index in [4.69, 9.17) is 15.7 Å². The summed E-state index contributed by atoms with van der Waals surface area (Å²) in [6.07, 6.45) is 0. The Hall–Kier alpha value is -1.76. The molecule has 6 nitrogen and oxygen atoms in total. The standard InChI is InChI=1S/C10H15N3O3S/c1-10(2,9(11)13-15)12-8(14)7-4-6(16-3)5-17-7/h4-5,15H,1-3H3,(H2,11,13)(H,12,14). The number of carbonyl (C=O) groups is 1. The van der Waals surface area contributed by atoms with E-state index < -0.39 is 5.54 Å². The summed E-state index contributed by atoms with van der Waals surface area (Å²) in [7, 11) is 1.53. The van der Waals surface area contributed by atoms with E-state index in [-0.39, 0.29) is 11.7 Å². The SMILES string of the molecule is COc1csc(C(=O)NC(C)(C)C(N)=NO)c1. The van der Waals surface area contributed by atoms with Gasteiger partial charge in [0.25, 0.3) is 5.91 Å². The van der Waals surface area contributed by atoms with Gasteiger partial charge in [0, 0.05) is 11.4 Å². The Bertz CT molecular complexity index is 440. The zero-order valence-corrected chi connectivity index (χ0v) is 10.7. The number of rotatable bonds is 4. The molecule has 0 aliphatic carbocycles. The molecule has 17 heavy (non-hydrogen) atoms. The number of hydrogen-bond donors (Lipinski definition) is 3. The predicted molar refractivity (Wildman–Crippen MR) is 65.8 cm³/mol. The molecule has 4 N–H and O–H groups in total. The maximum absolute atomic E-state index is 11.9. The van der Waals surface area contributed by atoms with E-state index in [1.807, 2.05) is 0 Å². The van der Waals surface area contributed by atoms with Crippen molar-refractivity contribution in [3.05, 3.63) is 16.3 Å². The molecule has 0 spiro atoms. The molecule has 1 aromatic rings. The Morgan fingerprint density at radius 1 is 1.65 bits per heavy atom. The molecule has 0 aliphatic heterocycles. The Balaban J connectivity index is 2.79. The molecule has 0 saturated heterocycles. The smallest absolute Gasteiger partial charge is 0.262 e. The van der Waals surface area contributed by atoms with E-state index in [2.05, 4.69) is 10.5 Å².